The second-order valence-electron chi connectivity index (χ2n) is 9.66. The molecule has 0 spiro atoms. The van der Waals surface area contributed by atoms with Crippen molar-refractivity contribution < 1.29 is 19.0 Å². The number of hydrogen-bond donors (Lipinski definition) is 1. The van der Waals surface area contributed by atoms with Crippen LogP contribution in [0, 0.1) is 5.82 Å². The maximum Gasteiger partial charge on any atom is 0.511 e. The van der Waals surface area contributed by atoms with Crippen LogP contribution in [0.3, 0.4) is 0 Å². The van der Waals surface area contributed by atoms with Gasteiger partial charge in [0, 0.05) is 31.9 Å². The molecule has 1 aliphatic rings. The molecule has 0 atom stereocenters. The van der Waals surface area contributed by atoms with Gasteiger partial charge in [0.2, 0.25) is 5.43 Å². The second-order valence-corrected chi connectivity index (χ2v) is 10.4. The standard InChI is InChI=1S/C29H23Cl2FN6O4/c30-21-3-1-2-4-23(21)35-9-11-36(12-10-35)27-22(32)13-20-26(25(27)31)38(15-24(28(20)39)42-29(40)41)19-7-5-18(6-8-19)14-37-17-33-16-34-37/h1-8,13,15-17H,9-12,14H2,(H,40,41). The highest BCUT2D eigenvalue weighted by molar-refractivity contribution is 6.38. The summed E-state index contributed by atoms with van der Waals surface area (Å²) < 4.78 is 23.7. The molecule has 1 fully saturated rings. The van der Waals surface area contributed by atoms with Crippen LogP contribution in [0.2, 0.25) is 10.0 Å². The number of carbonyl (C=O) groups is 1. The van der Waals surface area contributed by atoms with Crippen LogP contribution >= 0.6 is 23.2 Å². The minimum Gasteiger partial charge on any atom is -0.449 e. The van der Waals surface area contributed by atoms with Crippen molar-refractivity contribution >= 4 is 51.6 Å². The van der Waals surface area contributed by atoms with E-state index in [0.29, 0.717) is 43.4 Å². The summed E-state index contributed by atoms with van der Waals surface area (Å²) in [5, 5.41) is 13.9. The summed E-state index contributed by atoms with van der Waals surface area (Å²) in [5.41, 5.74) is 1.98. The Bertz CT molecular complexity index is 1840. The molecular weight excluding hydrogens is 586 g/mol. The summed E-state index contributed by atoms with van der Waals surface area (Å²) >= 11 is 13.3. The van der Waals surface area contributed by atoms with E-state index in [1.807, 2.05) is 41.3 Å². The Morgan fingerprint density at radius 1 is 1.02 bits per heavy atom. The predicted molar refractivity (Wildman–Crippen MR) is 158 cm³/mol. The van der Waals surface area contributed by atoms with Gasteiger partial charge in [0.25, 0.3) is 0 Å². The van der Waals surface area contributed by atoms with Crippen molar-refractivity contribution in [2.75, 3.05) is 36.0 Å². The fraction of sp³-hybridized carbons (Fsp3) is 0.172. The summed E-state index contributed by atoms with van der Waals surface area (Å²) in [6.45, 7) is 2.53. The van der Waals surface area contributed by atoms with Crippen LogP contribution in [0.1, 0.15) is 5.56 Å². The van der Waals surface area contributed by atoms with Crippen molar-refractivity contribution in [3.63, 3.8) is 0 Å². The van der Waals surface area contributed by atoms with E-state index < -0.39 is 23.2 Å². The van der Waals surface area contributed by atoms with Crippen molar-refractivity contribution in [1.82, 2.24) is 19.3 Å². The highest BCUT2D eigenvalue weighted by Crippen LogP contribution is 2.38. The van der Waals surface area contributed by atoms with Gasteiger partial charge in [0.1, 0.15) is 18.5 Å². The molecule has 214 valence electrons. The maximum atomic E-state index is 15.7. The molecule has 1 aliphatic heterocycles. The van der Waals surface area contributed by atoms with Crippen LogP contribution < -0.4 is 20.0 Å². The number of fused-ring (bicyclic) bond motifs is 1. The smallest absolute Gasteiger partial charge is 0.449 e. The lowest BCUT2D eigenvalue weighted by atomic mass is 10.1. The van der Waals surface area contributed by atoms with Gasteiger partial charge < -0.3 is 24.2 Å². The number of pyridine rings is 1. The van der Waals surface area contributed by atoms with E-state index >= 15 is 4.39 Å². The number of hydrogen-bond acceptors (Lipinski definition) is 7. The molecule has 0 amide bonds. The average molecular weight is 609 g/mol. The average Bonchev–Trinajstić information content (AvgIpc) is 3.49. The molecular formula is C29H23Cl2FN6O4. The van der Waals surface area contributed by atoms with Crippen LogP contribution in [-0.4, -0.2) is 56.8 Å². The summed E-state index contributed by atoms with van der Waals surface area (Å²) in [4.78, 5) is 32.5. The fourth-order valence-corrected chi connectivity index (χ4v) is 5.84. The molecule has 3 aromatic carbocycles. The molecule has 5 aromatic rings. The Balaban J connectivity index is 1.41. The monoisotopic (exact) mass is 608 g/mol. The molecule has 0 aliphatic carbocycles. The number of rotatable bonds is 6. The number of benzene rings is 3. The zero-order valence-corrected chi connectivity index (χ0v) is 23.5. The molecule has 42 heavy (non-hydrogen) atoms. The number of piperazine rings is 1. The van der Waals surface area contributed by atoms with Gasteiger partial charge >= 0.3 is 6.16 Å². The van der Waals surface area contributed by atoms with Crippen LogP contribution in [0.4, 0.5) is 20.6 Å². The van der Waals surface area contributed by atoms with Gasteiger partial charge in [-0.15, -0.1) is 0 Å². The fourth-order valence-electron chi connectivity index (χ4n) is 5.18. The SMILES string of the molecule is O=C(O)Oc1cn(-c2ccc(Cn3cncn3)cc2)c2c(Cl)c(N3CCN(c4ccccc4Cl)CC3)c(F)cc2c1=O. The van der Waals surface area contributed by atoms with Crippen molar-refractivity contribution in [2.45, 2.75) is 6.54 Å². The second kappa shape index (κ2) is 11.3. The lowest BCUT2D eigenvalue weighted by Gasteiger charge is -2.38. The van der Waals surface area contributed by atoms with Gasteiger partial charge in [-0.2, -0.15) is 5.10 Å². The van der Waals surface area contributed by atoms with Crippen molar-refractivity contribution in [3.8, 4) is 11.4 Å². The molecule has 2 aromatic heterocycles. The van der Waals surface area contributed by atoms with Crippen LogP contribution in [0.5, 0.6) is 5.75 Å². The number of nitrogens with zero attached hydrogens (tertiary/aromatic N) is 6. The zero-order chi connectivity index (χ0) is 29.4. The van der Waals surface area contributed by atoms with Crippen molar-refractivity contribution in [3.05, 3.63) is 105 Å². The highest BCUT2D eigenvalue weighted by atomic mass is 35.5. The van der Waals surface area contributed by atoms with Gasteiger partial charge in [0.05, 0.1) is 45.1 Å². The van der Waals surface area contributed by atoms with Gasteiger partial charge in [-0.1, -0.05) is 47.5 Å². The first-order chi connectivity index (χ1) is 20.3. The van der Waals surface area contributed by atoms with E-state index in [4.69, 9.17) is 27.9 Å². The normalized spacial score (nSPS) is 13.5. The van der Waals surface area contributed by atoms with E-state index in [1.165, 1.54) is 12.5 Å². The highest BCUT2D eigenvalue weighted by Gasteiger charge is 2.27. The summed E-state index contributed by atoms with van der Waals surface area (Å²) in [6, 6.07) is 15.9. The lowest BCUT2D eigenvalue weighted by molar-refractivity contribution is 0.144. The summed E-state index contributed by atoms with van der Waals surface area (Å²) in [5.74, 6) is -1.17. The molecule has 0 saturated carbocycles. The van der Waals surface area contributed by atoms with Gasteiger partial charge in [0.15, 0.2) is 5.75 Å². The number of anilines is 2. The third-order valence-electron chi connectivity index (χ3n) is 7.14. The van der Waals surface area contributed by atoms with Crippen LogP contribution in [0.25, 0.3) is 16.6 Å². The largest absolute Gasteiger partial charge is 0.511 e. The number of aromatic nitrogens is 4. The van der Waals surface area contributed by atoms with E-state index in [-0.39, 0.29) is 21.6 Å². The van der Waals surface area contributed by atoms with E-state index in [1.54, 1.807) is 27.7 Å². The zero-order valence-electron chi connectivity index (χ0n) is 22.0. The van der Waals surface area contributed by atoms with Crippen molar-refractivity contribution in [1.29, 1.82) is 0 Å². The summed E-state index contributed by atoms with van der Waals surface area (Å²) in [6.07, 6.45) is 2.64. The number of ether oxygens (including phenoxy) is 1. The molecule has 1 saturated heterocycles. The molecule has 6 rings (SSSR count). The number of halogens is 3. The van der Waals surface area contributed by atoms with Crippen LogP contribution in [0.15, 0.2) is 78.2 Å². The van der Waals surface area contributed by atoms with Crippen molar-refractivity contribution in [2.24, 2.45) is 0 Å². The molecule has 0 bridgehead atoms. The summed E-state index contributed by atoms with van der Waals surface area (Å²) in [7, 11) is 0. The third kappa shape index (κ3) is 5.24. The van der Waals surface area contributed by atoms with E-state index in [0.717, 1.165) is 17.3 Å². The molecule has 1 N–H and O–H groups in total. The van der Waals surface area contributed by atoms with E-state index in [2.05, 4.69) is 15.0 Å². The number of para-hydroxylation sites is 1. The van der Waals surface area contributed by atoms with Gasteiger partial charge in [-0.3, -0.25) is 4.79 Å². The first-order valence-corrected chi connectivity index (χ1v) is 13.7. The molecule has 3 heterocycles. The quantitative estimate of drug-likeness (QED) is 0.253. The Kier molecular flexibility index (Phi) is 7.44. The minimum atomic E-state index is -1.67. The molecule has 0 unspecified atom stereocenters. The Labute approximate surface area is 248 Å². The third-order valence-corrected chi connectivity index (χ3v) is 7.81. The van der Waals surface area contributed by atoms with Gasteiger partial charge in [-0.05, 0) is 35.9 Å². The van der Waals surface area contributed by atoms with E-state index in [9.17, 15) is 14.7 Å². The molecule has 10 nitrogen and oxygen atoms in total. The van der Waals surface area contributed by atoms with Crippen LogP contribution in [-0.2, 0) is 6.54 Å². The lowest BCUT2D eigenvalue weighted by Crippen LogP contribution is -2.47. The Morgan fingerprint density at radius 3 is 2.40 bits per heavy atom. The Hall–Kier alpha value is -4.61. The first kappa shape index (κ1) is 27.6. The van der Waals surface area contributed by atoms with Gasteiger partial charge in [-0.25, -0.2) is 18.9 Å². The molecule has 13 heteroatoms. The predicted octanol–water partition coefficient (Wildman–Crippen LogP) is 5.46. The molecule has 0 radical (unpaired) electrons. The first-order valence-electron chi connectivity index (χ1n) is 12.9. The number of carboxylic acid groups (broad SMARTS) is 1. The topological polar surface area (TPSA) is 106 Å². The minimum absolute atomic E-state index is 0.0295. The Morgan fingerprint density at radius 2 is 1.74 bits per heavy atom. The maximum absolute atomic E-state index is 15.7.